The molecular formula is C26H27F4N5O4S. The predicted octanol–water partition coefficient (Wildman–Crippen LogP) is 4.61. The highest BCUT2D eigenvalue weighted by Crippen LogP contribution is 2.39. The fourth-order valence-corrected chi connectivity index (χ4v) is 5.95. The van der Waals surface area contributed by atoms with Crippen LogP contribution in [0.15, 0.2) is 66.0 Å². The van der Waals surface area contributed by atoms with Crippen molar-refractivity contribution in [1.82, 2.24) is 14.9 Å². The molecule has 1 saturated carbocycles. The van der Waals surface area contributed by atoms with Crippen LogP contribution in [0, 0.1) is 5.82 Å². The fraction of sp³-hybridized carbons (Fsp3) is 0.346. The Balaban J connectivity index is 1.53. The molecule has 1 aliphatic rings. The number of sulfonamides is 1. The maximum absolute atomic E-state index is 15.0. The molecule has 0 aliphatic heterocycles. The van der Waals surface area contributed by atoms with Crippen LogP contribution in [-0.4, -0.2) is 55.6 Å². The first kappa shape index (κ1) is 29.2. The molecule has 214 valence electrons. The number of alkyl halides is 3. The number of halogens is 4. The SMILES string of the molecule is CN(COC=O)[C@H]1C[C@@H](c2cccc(C(F)(F)F)c2)CC[C@@H]1Nc1ccc(S(=O)(=O)Nc2ccncn2)c(F)c1. The summed E-state index contributed by atoms with van der Waals surface area (Å²) in [7, 11) is -2.55. The molecule has 0 spiro atoms. The van der Waals surface area contributed by atoms with Gasteiger partial charge >= 0.3 is 6.18 Å². The fourth-order valence-electron chi connectivity index (χ4n) is 4.88. The lowest BCUT2D eigenvalue weighted by Gasteiger charge is -2.41. The zero-order chi connectivity index (χ0) is 28.9. The summed E-state index contributed by atoms with van der Waals surface area (Å²) < 4.78 is 87.3. The number of hydrogen-bond donors (Lipinski definition) is 2. The van der Waals surface area contributed by atoms with E-state index in [1.807, 2.05) is 0 Å². The number of ether oxygens (including phenoxy) is 1. The van der Waals surface area contributed by atoms with Crippen molar-refractivity contribution in [3.05, 3.63) is 78.0 Å². The van der Waals surface area contributed by atoms with Crippen LogP contribution in [0.3, 0.4) is 0 Å². The van der Waals surface area contributed by atoms with E-state index in [2.05, 4.69) is 20.0 Å². The Kier molecular flexibility index (Phi) is 8.88. The number of carbonyl (C=O) groups is 1. The first-order valence-corrected chi connectivity index (χ1v) is 13.7. The summed E-state index contributed by atoms with van der Waals surface area (Å²) in [6, 6.07) is 9.56. The third-order valence-corrected chi connectivity index (χ3v) is 8.20. The number of nitrogens with one attached hydrogen (secondary N) is 2. The molecule has 0 unspecified atom stereocenters. The largest absolute Gasteiger partial charge is 0.452 e. The molecule has 0 amide bonds. The van der Waals surface area contributed by atoms with E-state index in [1.54, 1.807) is 18.0 Å². The maximum atomic E-state index is 15.0. The van der Waals surface area contributed by atoms with Gasteiger partial charge in [-0.25, -0.2) is 22.8 Å². The first-order chi connectivity index (χ1) is 19.0. The van der Waals surface area contributed by atoms with E-state index in [1.165, 1.54) is 24.4 Å². The zero-order valence-corrected chi connectivity index (χ0v) is 22.1. The van der Waals surface area contributed by atoms with Crippen molar-refractivity contribution in [2.45, 2.75) is 48.3 Å². The van der Waals surface area contributed by atoms with Gasteiger partial charge in [-0.15, -0.1) is 0 Å². The number of benzene rings is 2. The lowest BCUT2D eigenvalue weighted by atomic mass is 9.78. The van der Waals surface area contributed by atoms with Crippen LogP contribution in [0.2, 0.25) is 0 Å². The van der Waals surface area contributed by atoms with E-state index < -0.39 is 32.5 Å². The summed E-state index contributed by atoms with van der Waals surface area (Å²) in [6.07, 6.45) is -0.476. The van der Waals surface area contributed by atoms with Gasteiger partial charge in [0.25, 0.3) is 16.5 Å². The lowest BCUT2D eigenvalue weighted by molar-refractivity contribution is -0.137. The predicted molar refractivity (Wildman–Crippen MR) is 138 cm³/mol. The van der Waals surface area contributed by atoms with Gasteiger partial charge in [-0.05, 0) is 68.1 Å². The highest BCUT2D eigenvalue weighted by molar-refractivity contribution is 7.92. The summed E-state index contributed by atoms with van der Waals surface area (Å²) in [5.74, 6) is -1.20. The summed E-state index contributed by atoms with van der Waals surface area (Å²) in [5, 5.41) is 3.22. The van der Waals surface area contributed by atoms with Gasteiger partial charge in [-0.3, -0.25) is 14.4 Å². The molecule has 2 N–H and O–H groups in total. The Morgan fingerprint density at radius 1 is 1.15 bits per heavy atom. The number of hydrogen-bond acceptors (Lipinski definition) is 8. The average Bonchev–Trinajstić information content (AvgIpc) is 2.91. The average molecular weight is 582 g/mol. The Morgan fingerprint density at radius 3 is 2.62 bits per heavy atom. The molecule has 0 saturated heterocycles. The monoisotopic (exact) mass is 581 g/mol. The Labute approximate surface area is 228 Å². The second-order valence-electron chi connectivity index (χ2n) is 9.45. The first-order valence-electron chi connectivity index (χ1n) is 12.3. The minimum absolute atomic E-state index is 0.0162. The van der Waals surface area contributed by atoms with Crippen LogP contribution in [0.4, 0.5) is 29.1 Å². The summed E-state index contributed by atoms with van der Waals surface area (Å²) >= 11 is 0. The maximum Gasteiger partial charge on any atom is 0.416 e. The third kappa shape index (κ3) is 7.04. The molecule has 1 fully saturated rings. The minimum Gasteiger partial charge on any atom is -0.452 e. The van der Waals surface area contributed by atoms with Crippen molar-refractivity contribution in [3.63, 3.8) is 0 Å². The van der Waals surface area contributed by atoms with Gasteiger partial charge in [0.15, 0.2) is 0 Å². The van der Waals surface area contributed by atoms with Gasteiger partial charge < -0.3 is 10.1 Å². The van der Waals surface area contributed by atoms with Crippen LogP contribution < -0.4 is 10.0 Å². The van der Waals surface area contributed by atoms with Crippen molar-refractivity contribution in [2.24, 2.45) is 0 Å². The van der Waals surface area contributed by atoms with Crippen LogP contribution in [-0.2, 0) is 25.7 Å². The topological polar surface area (TPSA) is 114 Å². The van der Waals surface area contributed by atoms with Crippen molar-refractivity contribution < 1.29 is 35.5 Å². The van der Waals surface area contributed by atoms with E-state index >= 15 is 0 Å². The van der Waals surface area contributed by atoms with E-state index in [0.717, 1.165) is 30.6 Å². The van der Waals surface area contributed by atoms with Gasteiger partial charge in [0.2, 0.25) is 0 Å². The molecule has 0 bridgehead atoms. The van der Waals surface area contributed by atoms with E-state index in [9.17, 15) is 30.8 Å². The molecule has 3 atom stereocenters. The minimum atomic E-state index is -4.46. The molecule has 4 rings (SSSR count). The number of nitrogens with zero attached hydrogens (tertiary/aromatic N) is 3. The van der Waals surface area contributed by atoms with Gasteiger partial charge in [0, 0.05) is 24.0 Å². The van der Waals surface area contributed by atoms with Crippen molar-refractivity contribution in [2.75, 3.05) is 23.8 Å². The highest BCUT2D eigenvalue weighted by Gasteiger charge is 2.36. The van der Waals surface area contributed by atoms with E-state index in [0.29, 0.717) is 37.0 Å². The number of carbonyl (C=O) groups excluding carboxylic acids is 1. The smallest absolute Gasteiger partial charge is 0.416 e. The van der Waals surface area contributed by atoms with Crippen molar-refractivity contribution >= 4 is 28.0 Å². The molecule has 1 aromatic heterocycles. The van der Waals surface area contributed by atoms with Gasteiger partial charge in [0.05, 0.1) is 5.56 Å². The Bertz CT molecular complexity index is 1430. The second-order valence-corrected chi connectivity index (χ2v) is 11.1. The van der Waals surface area contributed by atoms with Crippen LogP contribution >= 0.6 is 0 Å². The molecular weight excluding hydrogens is 554 g/mol. The second kappa shape index (κ2) is 12.2. The number of likely N-dealkylation sites (N-methyl/N-ethyl adjacent to an activating group) is 1. The van der Waals surface area contributed by atoms with Gasteiger partial charge in [0.1, 0.15) is 29.6 Å². The molecule has 40 heavy (non-hydrogen) atoms. The third-order valence-electron chi connectivity index (χ3n) is 6.81. The molecule has 2 aromatic carbocycles. The number of rotatable bonds is 10. The normalized spacial score (nSPS) is 19.7. The zero-order valence-electron chi connectivity index (χ0n) is 21.3. The molecule has 14 heteroatoms. The Hall–Kier alpha value is -3.78. The van der Waals surface area contributed by atoms with Gasteiger partial charge in [-0.2, -0.15) is 13.2 Å². The quantitative estimate of drug-likeness (QED) is 0.203. The summed E-state index contributed by atoms with van der Waals surface area (Å²) in [5.41, 5.74) is 0.148. The molecule has 1 aliphatic carbocycles. The molecule has 1 heterocycles. The lowest BCUT2D eigenvalue weighted by Crippen LogP contribution is -2.49. The van der Waals surface area contributed by atoms with Crippen LogP contribution in [0.25, 0.3) is 0 Å². The van der Waals surface area contributed by atoms with E-state index in [4.69, 9.17) is 4.74 Å². The standard InChI is InChI=1S/C26H27F4N5O4S/c1-35(15-39-16-36)23-12-18(17-3-2-4-19(11-17)26(28,29)30)5-7-22(23)33-20-6-8-24(21(27)13-20)40(37,38)34-25-9-10-31-14-32-25/h2-4,6,8-11,13-14,16,18,22-23,33H,5,7,12,15H2,1H3,(H,31,32,34)/t18-,22-,23-/m0/s1. The molecule has 0 radical (unpaired) electrons. The van der Waals surface area contributed by atoms with Crippen LogP contribution in [0.5, 0.6) is 0 Å². The highest BCUT2D eigenvalue weighted by atomic mass is 32.2. The Morgan fingerprint density at radius 2 is 1.95 bits per heavy atom. The van der Waals surface area contributed by atoms with Crippen molar-refractivity contribution in [3.8, 4) is 0 Å². The molecule has 3 aromatic rings. The van der Waals surface area contributed by atoms with Crippen molar-refractivity contribution in [1.29, 1.82) is 0 Å². The van der Waals surface area contributed by atoms with Gasteiger partial charge in [-0.1, -0.05) is 18.2 Å². The number of aromatic nitrogens is 2. The summed E-state index contributed by atoms with van der Waals surface area (Å²) in [6.45, 7) is 0.248. The number of anilines is 2. The van der Waals surface area contributed by atoms with E-state index in [-0.39, 0.29) is 30.6 Å². The molecule has 9 nitrogen and oxygen atoms in total. The van der Waals surface area contributed by atoms with Crippen LogP contribution in [0.1, 0.15) is 36.3 Å². The summed E-state index contributed by atoms with van der Waals surface area (Å²) in [4.78, 5) is 19.4.